The molecule has 1 aromatic heterocycles. The lowest BCUT2D eigenvalue weighted by Gasteiger charge is -2.36. The van der Waals surface area contributed by atoms with Gasteiger partial charge in [-0.15, -0.1) is 10.2 Å². The maximum atomic E-state index is 5.46. The molecule has 0 amide bonds. The van der Waals surface area contributed by atoms with E-state index in [1.54, 1.807) is 0 Å². The third-order valence-electron chi connectivity index (χ3n) is 5.44. The van der Waals surface area contributed by atoms with Gasteiger partial charge >= 0.3 is 0 Å². The molecule has 0 bridgehead atoms. The highest BCUT2D eigenvalue weighted by Gasteiger charge is 2.30. The Labute approximate surface area is 138 Å². The lowest BCUT2D eigenvalue weighted by Crippen LogP contribution is -2.44. The number of aromatic nitrogens is 3. The number of aryl methyl sites for hydroxylation is 1. The van der Waals surface area contributed by atoms with Gasteiger partial charge in [-0.1, -0.05) is 0 Å². The smallest absolute Gasteiger partial charge is 0.147 e. The molecule has 1 atom stereocenters. The van der Waals surface area contributed by atoms with E-state index < -0.39 is 0 Å². The summed E-state index contributed by atoms with van der Waals surface area (Å²) in [5.74, 6) is 3.06. The maximum Gasteiger partial charge on any atom is 0.147 e. The van der Waals surface area contributed by atoms with Gasteiger partial charge in [0.25, 0.3) is 0 Å². The summed E-state index contributed by atoms with van der Waals surface area (Å²) >= 11 is 0. The van der Waals surface area contributed by atoms with Crippen LogP contribution in [0.25, 0.3) is 0 Å². The topological polar surface area (TPSA) is 46.4 Å². The first-order valence-electron chi connectivity index (χ1n) is 9.22. The van der Waals surface area contributed by atoms with Crippen LogP contribution in [0.3, 0.4) is 0 Å². The van der Waals surface area contributed by atoms with Crippen molar-refractivity contribution in [2.24, 2.45) is 5.92 Å². The molecule has 2 saturated heterocycles. The van der Waals surface area contributed by atoms with E-state index in [9.17, 15) is 0 Å². The molecular weight excluding hydrogens is 290 g/mol. The number of rotatable bonds is 5. The van der Waals surface area contributed by atoms with Gasteiger partial charge in [-0.3, -0.25) is 9.80 Å². The lowest BCUT2D eigenvalue weighted by molar-refractivity contribution is 0.0222. The Morgan fingerprint density at radius 1 is 1.04 bits per heavy atom. The van der Waals surface area contributed by atoms with Crippen molar-refractivity contribution in [3.8, 4) is 0 Å². The molecule has 0 aromatic carbocycles. The number of likely N-dealkylation sites (tertiary alicyclic amines) is 1. The summed E-state index contributed by atoms with van der Waals surface area (Å²) in [6.07, 6.45) is 5.27. The van der Waals surface area contributed by atoms with Gasteiger partial charge in [0.2, 0.25) is 0 Å². The standard InChI is InChI=1S/C17H29N5O/c1-14-18-19-17(22(14)16-4-5-16)13-21-6-2-3-15(12-21)11-20-7-9-23-10-8-20/h15-16H,2-13H2,1H3. The molecule has 6 nitrogen and oxygen atoms in total. The molecule has 0 spiro atoms. The number of hydrogen-bond acceptors (Lipinski definition) is 5. The first-order chi connectivity index (χ1) is 11.3. The van der Waals surface area contributed by atoms with Crippen molar-refractivity contribution >= 4 is 0 Å². The maximum absolute atomic E-state index is 5.46. The lowest BCUT2D eigenvalue weighted by atomic mass is 9.97. The highest BCUT2D eigenvalue weighted by Crippen LogP contribution is 2.36. The molecule has 0 radical (unpaired) electrons. The van der Waals surface area contributed by atoms with E-state index >= 15 is 0 Å². The third kappa shape index (κ3) is 3.75. The fraction of sp³-hybridized carbons (Fsp3) is 0.882. The van der Waals surface area contributed by atoms with Crippen LogP contribution >= 0.6 is 0 Å². The van der Waals surface area contributed by atoms with E-state index in [1.807, 2.05) is 0 Å². The van der Waals surface area contributed by atoms with Crippen LogP contribution in [-0.4, -0.2) is 70.5 Å². The molecule has 3 aliphatic rings. The average Bonchev–Trinajstić information content (AvgIpc) is 3.33. The monoisotopic (exact) mass is 319 g/mol. The Balaban J connectivity index is 1.34. The van der Waals surface area contributed by atoms with Crippen LogP contribution in [0.4, 0.5) is 0 Å². The zero-order valence-corrected chi connectivity index (χ0v) is 14.3. The molecule has 3 heterocycles. The van der Waals surface area contributed by atoms with Gasteiger partial charge in [0, 0.05) is 32.2 Å². The van der Waals surface area contributed by atoms with E-state index in [0.29, 0.717) is 6.04 Å². The Morgan fingerprint density at radius 2 is 1.87 bits per heavy atom. The van der Waals surface area contributed by atoms with Crippen molar-refractivity contribution in [1.82, 2.24) is 24.6 Å². The molecule has 23 heavy (non-hydrogen) atoms. The van der Waals surface area contributed by atoms with E-state index in [1.165, 1.54) is 51.1 Å². The number of nitrogens with zero attached hydrogens (tertiary/aromatic N) is 5. The highest BCUT2D eigenvalue weighted by molar-refractivity contribution is 5.01. The number of piperidine rings is 1. The fourth-order valence-corrected chi connectivity index (χ4v) is 4.12. The molecule has 6 heteroatoms. The quantitative estimate of drug-likeness (QED) is 0.822. The van der Waals surface area contributed by atoms with Gasteiger partial charge in [0.05, 0.1) is 19.8 Å². The van der Waals surface area contributed by atoms with Crippen LogP contribution in [0.5, 0.6) is 0 Å². The summed E-state index contributed by atoms with van der Waals surface area (Å²) in [5.41, 5.74) is 0. The van der Waals surface area contributed by atoms with Gasteiger partial charge in [0.15, 0.2) is 0 Å². The molecule has 1 aliphatic carbocycles. The average molecular weight is 319 g/mol. The first-order valence-corrected chi connectivity index (χ1v) is 9.22. The molecule has 1 aromatic rings. The molecule has 0 N–H and O–H groups in total. The van der Waals surface area contributed by atoms with Crippen LogP contribution in [-0.2, 0) is 11.3 Å². The Morgan fingerprint density at radius 3 is 2.65 bits per heavy atom. The molecule has 128 valence electrons. The predicted octanol–water partition coefficient (Wildman–Crippen LogP) is 1.47. The van der Waals surface area contributed by atoms with Gasteiger partial charge in [0.1, 0.15) is 11.6 Å². The molecule has 4 rings (SSSR count). The summed E-state index contributed by atoms with van der Waals surface area (Å²) in [6, 6.07) is 0.675. The van der Waals surface area contributed by atoms with Crippen molar-refractivity contribution in [2.75, 3.05) is 45.9 Å². The van der Waals surface area contributed by atoms with E-state index in [2.05, 4.69) is 31.5 Å². The van der Waals surface area contributed by atoms with Crippen molar-refractivity contribution in [3.63, 3.8) is 0 Å². The van der Waals surface area contributed by atoms with Crippen LogP contribution in [0.2, 0.25) is 0 Å². The van der Waals surface area contributed by atoms with Crippen LogP contribution < -0.4 is 0 Å². The van der Waals surface area contributed by atoms with Crippen LogP contribution in [0, 0.1) is 12.8 Å². The molecule has 1 unspecified atom stereocenters. The van der Waals surface area contributed by atoms with E-state index in [0.717, 1.165) is 44.6 Å². The molecule has 3 fully saturated rings. The zero-order valence-electron chi connectivity index (χ0n) is 14.3. The Hall–Kier alpha value is -0.980. The van der Waals surface area contributed by atoms with Crippen LogP contribution in [0.15, 0.2) is 0 Å². The van der Waals surface area contributed by atoms with Crippen molar-refractivity contribution in [1.29, 1.82) is 0 Å². The minimum absolute atomic E-state index is 0.675. The third-order valence-corrected chi connectivity index (χ3v) is 5.44. The SMILES string of the molecule is Cc1nnc(CN2CCCC(CN3CCOCC3)C2)n1C1CC1. The van der Waals surface area contributed by atoms with Gasteiger partial charge < -0.3 is 9.30 Å². The Bertz CT molecular complexity index is 521. The summed E-state index contributed by atoms with van der Waals surface area (Å²) in [6.45, 7) is 10.7. The normalized spacial score (nSPS) is 27.4. The first kappa shape index (κ1) is 15.5. The summed E-state index contributed by atoms with van der Waals surface area (Å²) in [7, 11) is 0. The number of morpholine rings is 1. The minimum Gasteiger partial charge on any atom is -0.379 e. The molecule has 2 aliphatic heterocycles. The van der Waals surface area contributed by atoms with Crippen LogP contribution in [0.1, 0.15) is 43.4 Å². The zero-order chi connectivity index (χ0) is 15.6. The number of ether oxygens (including phenoxy) is 1. The summed E-state index contributed by atoms with van der Waals surface area (Å²) in [5, 5.41) is 8.78. The predicted molar refractivity (Wildman–Crippen MR) is 88.3 cm³/mol. The van der Waals surface area contributed by atoms with Gasteiger partial charge in [-0.05, 0) is 45.1 Å². The second kappa shape index (κ2) is 6.87. The Kier molecular flexibility index (Phi) is 4.64. The van der Waals surface area contributed by atoms with Gasteiger partial charge in [-0.25, -0.2) is 0 Å². The van der Waals surface area contributed by atoms with Crippen molar-refractivity contribution in [2.45, 2.75) is 45.2 Å². The highest BCUT2D eigenvalue weighted by atomic mass is 16.5. The van der Waals surface area contributed by atoms with E-state index in [4.69, 9.17) is 4.74 Å². The van der Waals surface area contributed by atoms with Gasteiger partial charge in [-0.2, -0.15) is 0 Å². The number of hydrogen-bond donors (Lipinski definition) is 0. The second-order valence-electron chi connectivity index (χ2n) is 7.42. The second-order valence-corrected chi connectivity index (χ2v) is 7.42. The minimum atomic E-state index is 0.675. The molecular formula is C17H29N5O. The molecule has 1 saturated carbocycles. The van der Waals surface area contributed by atoms with Crippen molar-refractivity contribution in [3.05, 3.63) is 11.6 Å². The largest absolute Gasteiger partial charge is 0.379 e. The summed E-state index contributed by atoms with van der Waals surface area (Å²) in [4.78, 5) is 5.17. The van der Waals surface area contributed by atoms with E-state index in [-0.39, 0.29) is 0 Å². The van der Waals surface area contributed by atoms with Crippen molar-refractivity contribution < 1.29 is 4.74 Å². The summed E-state index contributed by atoms with van der Waals surface area (Å²) < 4.78 is 7.84. The fourth-order valence-electron chi connectivity index (χ4n) is 4.12.